The van der Waals surface area contributed by atoms with Crippen LogP contribution < -0.4 is 10.1 Å². The summed E-state index contributed by atoms with van der Waals surface area (Å²) in [4.78, 5) is 17.9. The molecule has 1 atom stereocenters. The number of ether oxygens (including phenoxy) is 1. The predicted octanol–water partition coefficient (Wildman–Crippen LogP) is 5.18. The highest BCUT2D eigenvalue weighted by Crippen LogP contribution is 2.31. The van der Waals surface area contributed by atoms with Crippen LogP contribution in [0.15, 0.2) is 54.6 Å². The van der Waals surface area contributed by atoms with Crippen molar-refractivity contribution < 1.29 is 9.53 Å². The lowest BCUT2D eigenvalue weighted by Gasteiger charge is -2.13. The molecule has 0 spiro atoms. The molecule has 0 radical (unpaired) electrons. The summed E-state index contributed by atoms with van der Waals surface area (Å²) in [7, 11) is 0. The van der Waals surface area contributed by atoms with Crippen LogP contribution in [0.5, 0.6) is 5.75 Å². The fourth-order valence-electron chi connectivity index (χ4n) is 2.29. The monoisotopic (exact) mass is 372 g/mol. The highest BCUT2D eigenvalue weighted by atomic mass is 35.5. The number of hydrogen-bond donors (Lipinski definition) is 1. The van der Waals surface area contributed by atoms with Crippen molar-refractivity contribution in [2.45, 2.75) is 20.0 Å². The van der Waals surface area contributed by atoms with E-state index in [4.69, 9.17) is 16.3 Å². The van der Waals surface area contributed by atoms with E-state index in [1.807, 2.05) is 61.5 Å². The number of carbonyl (C=O) groups is 1. The lowest BCUT2D eigenvalue weighted by molar-refractivity contribution is -0.122. The molecule has 4 nitrogen and oxygen atoms in total. The molecule has 0 bridgehead atoms. The molecule has 1 heterocycles. The van der Waals surface area contributed by atoms with Crippen molar-refractivity contribution in [1.29, 1.82) is 0 Å². The molecule has 1 aromatic heterocycles. The molecule has 1 N–H and O–H groups in total. The first kappa shape index (κ1) is 17.5. The normalized spacial score (nSPS) is 11.8. The van der Waals surface area contributed by atoms with E-state index in [9.17, 15) is 4.79 Å². The fraction of sp³-hybridized carbons (Fsp3) is 0.158. The van der Waals surface area contributed by atoms with Gasteiger partial charge >= 0.3 is 0 Å². The standard InChI is InChI=1S/C19H17ClN2O2S/c1-12(24-16-6-4-3-5-7-16)18(23)22-19-21-17(13(2)25-19)14-8-10-15(20)11-9-14/h3-12H,1-2H3,(H,21,22,23). The Kier molecular flexibility index (Phi) is 5.36. The van der Waals surface area contributed by atoms with E-state index in [1.165, 1.54) is 11.3 Å². The summed E-state index contributed by atoms with van der Waals surface area (Å²) in [5.41, 5.74) is 1.81. The number of rotatable bonds is 5. The summed E-state index contributed by atoms with van der Waals surface area (Å²) < 4.78 is 5.63. The summed E-state index contributed by atoms with van der Waals surface area (Å²) >= 11 is 7.36. The van der Waals surface area contributed by atoms with Gasteiger partial charge in [-0.2, -0.15) is 0 Å². The predicted molar refractivity (Wildman–Crippen MR) is 102 cm³/mol. The number of para-hydroxylation sites is 1. The summed E-state index contributed by atoms with van der Waals surface area (Å²) in [5.74, 6) is 0.419. The molecule has 0 saturated carbocycles. The average Bonchev–Trinajstić information content (AvgIpc) is 2.96. The molecule has 3 rings (SSSR count). The molecule has 1 amide bonds. The topological polar surface area (TPSA) is 51.2 Å². The Bertz CT molecular complexity index is 863. The minimum Gasteiger partial charge on any atom is -0.481 e. The lowest BCUT2D eigenvalue weighted by Crippen LogP contribution is -2.30. The van der Waals surface area contributed by atoms with Gasteiger partial charge in [-0.3, -0.25) is 10.1 Å². The largest absolute Gasteiger partial charge is 0.481 e. The van der Waals surface area contributed by atoms with Crippen LogP contribution >= 0.6 is 22.9 Å². The van der Waals surface area contributed by atoms with Crippen molar-refractivity contribution in [3.05, 3.63) is 64.5 Å². The Labute approximate surface area is 155 Å². The fourth-order valence-corrected chi connectivity index (χ4v) is 3.25. The minimum atomic E-state index is -0.620. The van der Waals surface area contributed by atoms with E-state index in [0.717, 1.165) is 16.1 Å². The maximum Gasteiger partial charge on any atom is 0.266 e. The molecule has 0 aliphatic carbocycles. The maximum atomic E-state index is 12.3. The highest BCUT2D eigenvalue weighted by molar-refractivity contribution is 7.16. The summed E-state index contributed by atoms with van der Waals surface area (Å²) in [6, 6.07) is 16.7. The number of halogens is 1. The van der Waals surface area contributed by atoms with E-state index < -0.39 is 6.10 Å². The first-order valence-electron chi connectivity index (χ1n) is 7.79. The van der Waals surface area contributed by atoms with Gasteiger partial charge in [0.2, 0.25) is 0 Å². The number of hydrogen-bond acceptors (Lipinski definition) is 4. The second-order valence-electron chi connectivity index (χ2n) is 5.49. The molecule has 25 heavy (non-hydrogen) atoms. The minimum absolute atomic E-state index is 0.236. The number of aryl methyl sites for hydroxylation is 1. The molecule has 0 fully saturated rings. The Morgan fingerprint density at radius 2 is 1.84 bits per heavy atom. The third kappa shape index (κ3) is 4.38. The summed E-state index contributed by atoms with van der Waals surface area (Å²) in [5, 5.41) is 4.05. The number of thiazole rings is 1. The summed E-state index contributed by atoms with van der Waals surface area (Å²) in [6.45, 7) is 3.68. The van der Waals surface area contributed by atoms with Gasteiger partial charge in [0, 0.05) is 15.5 Å². The van der Waals surface area contributed by atoms with Crippen molar-refractivity contribution in [2.24, 2.45) is 0 Å². The van der Waals surface area contributed by atoms with Crippen molar-refractivity contribution >= 4 is 34.0 Å². The van der Waals surface area contributed by atoms with E-state index >= 15 is 0 Å². The molecule has 0 aliphatic rings. The number of nitrogens with one attached hydrogen (secondary N) is 1. The van der Waals surface area contributed by atoms with Gasteiger partial charge in [-0.15, -0.1) is 11.3 Å². The first-order valence-corrected chi connectivity index (χ1v) is 8.98. The van der Waals surface area contributed by atoms with E-state index in [1.54, 1.807) is 6.92 Å². The van der Waals surface area contributed by atoms with Crippen LogP contribution in [0, 0.1) is 6.92 Å². The molecule has 128 valence electrons. The smallest absolute Gasteiger partial charge is 0.266 e. The lowest BCUT2D eigenvalue weighted by atomic mass is 10.1. The zero-order valence-corrected chi connectivity index (χ0v) is 15.4. The Hall–Kier alpha value is -2.37. The number of amides is 1. The number of nitrogens with zero attached hydrogens (tertiary/aromatic N) is 1. The van der Waals surface area contributed by atoms with Crippen LogP contribution in [0.1, 0.15) is 11.8 Å². The van der Waals surface area contributed by atoms with Gasteiger partial charge in [-0.25, -0.2) is 4.98 Å². The number of anilines is 1. The van der Waals surface area contributed by atoms with Crippen LogP contribution in [0.2, 0.25) is 5.02 Å². The Morgan fingerprint density at radius 1 is 1.16 bits per heavy atom. The SMILES string of the molecule is Cc1sc(NC(=O)C(C)Oc2ccccc2)nc1-c1ccc(Cl)cc1. The van der Waals surface area contributed by atoms with Crippen LogP contribution in [-0.4, -0.2) is 17.0 Å². The molecule has 2 aromatic carbocycles. The number of aromatic nitrogens is 1. The van der Waals surface area contributed by atoms with Crippen molar-refractivity contribution in [1.82, 2.24) is 4.98 Å². The second kappa shape index (κ2) is 7.68. The van der Waals surface area contributed by atoms with Gasteiger partial charge in [-0.1, -0.05) is 41.9 Å². The molecular weight excluding hydrogens is 356 g/mol. The average molecular weight is 373 g/mol. The van der Waals surface area contributed by atoms with Gasteiger partial charge < -0.3 is 4.74 Å². The van der Waals surface area contributed by atoms with Crippen LogP contribution in [0.4, 0.5) is 5.13 Å². The second-order valence-corrected chi connectivity index (χ2v) is 7.13. The highest BCUT2D eigenvalue weighted by Gasteiger charge is 2.18. The number of benzene rings is 2. The number of carbonyl (C=O) groups excluding carboxylic acids is 1. The van der Waals surface area contributed by atoms with Crippen LogP contribution in [0.3, 0.4) is 0 Å². The molecule has 0 aliphatic heterocycles. The Balaban J connectivity index is 1.69. The Morgan fingerprint density at radius 3 is 2.52 bits per heavy atom. The van der Waals surface area contributed by atoms with E-state index in [2.05, 4.69) is 10.3 Å². The van der Waals surface area contributed by atoms with Crippen LogP contribution in [0.25, 0.3) is 11.3 Å². The van der Waals surface area contributed by atoms with Gasteiger partial charge in [0.25, 0.3) is 5.91 Å². The van der Waals surface area contributed by atoms with Gasteiger partial charge in [-0.05, 0) is 38.1 Å². The van der Waals surface area contributed by atoms with Crippen molar-refractivity contribution in [2.75, 3.05) is 5.32 Å². The molecule has 6 heteroatoms. The molecule has 3 aromatic rings. The zero-order chi connectivity index (χ0) is 17.8. The quantitative estimate of drug-likeness (QED) is 0.671. The van der Waals surface area contributed by atoms with Gasteiger partial charge in [0.05, 0.1) is 5.69 Å². The van der Waals surface area contributed by atoms with Crippen molar-refractivity contribution in [3.8, 4) is 17.0 Å². The van der Waals surface area contributed by atoms with Crippen LogP contribution in [-0.2, 0) is 4.79 Å². The molecule has 1 unspecified atom stereocenters. The van der Waals surface area contributed by atoms with E-state index in [0.29, 0.717) is 15.9 Å². The van der Waals surface area contributed by atoms with Crippen molar-refractivity contribution in [3.63, 3.8) is 0 Å². The third-order valence-electron chi connectivity index (χ3n) is 3.57. The summed E-state index contributed by atoms with van der Waals surface area (Å²) in [6.07, 6.45) is -0.620. The molecular formula is C19H17ClN2O2S. The molecule has 0 saturated heterocycles. The maximum absolute atomic E-state index is 12.3. The first-order chi connectivity index (χ1) is 12.0. The van der Waals surface area contributed by atoms with Gasteiger partial charge in [0.1, 0.15) is 5.75 Å². The van der Waals surface area contributed by atoms with E-state index in [-0.39, 0.29) is 5.91 Å². The third-order valence-corrected chi connectivity index (χ3v) is 4.71. The van der Waals surface area contributed by atoms with Gasteiger partial charge in [0.15, 0.2) is 11.2 Å². The zero-order valence-electron chi connectivity index (χ0n) is 13.8.